The van der Waals surface area contributed by atoms with Crippen LogP contribution in [0, 0.1) is 5.92 Å². The SMILES string of the molecule is CC(NC(=O)C(NC(=O)C(NC(=O)C(N)Cc1cnc[nH]1)C(C)O)C(C)C)C(=O)O. The highest BCUT2D eigenvalue weighted by molar-refractivity contribution is 5.94. The zero-order chi connectivity index (χ0) is 23.0. The van der Waals surface area contributed by atoms with E-state index in [9.17, 15) is 24.3 Å². The Bertz CT molecular complexity index is 736. The Morgan fingerprint density at radius 2 is 1.60 bits per heavy atom. The molecule has 0 saturated carbocycles. The number of nitrogens with zero attached hydrogens (tertiary/aromatic N) is 1. The molecule has 5 atom stereocenters. The maximum Gasteiger partial charge on any atom is 0.325 e. The van der Waals surface area contributed by atoms with Crippen LogP contribution in [0.25, 0.3) is 0 Å². The van der Waals surface area contributed by atoms with Crippen molar-refractivity contribution in [3.05, 3.63) is 18.2 Å². The second kappa shape index (κ2) is 11.3. The first-order chi connectivity index (χ1) is 13.9. The summed E-state index contributed by atoms with van der Waals surface area (Å²) in [6.45, 7) is 5.92. The maximum atomic E-state index is 12.7. The molecule has 8 N–H and O–H groups in total. The van der Waals surface area contributed by atoms with Gasteiger partial charge in [0.05, 0.1) is 18.5 Å². The van der Waals surface area contributed by atoms with Crippen molar-refractivity contribution in [2.45, 2.75) is 64.4 Å². The summed E-state index contributed by atoms with van der Waals surface area (Å²) >= 11 is 0. The maximum absolute atomic E-state index is 12.7. The third-order valence-corrected chi connectivity index (χ3v) is 4.37. The number of imidazole rings is 1. The van der Waals surface area contributed by atoms with Gasteiger partial charge in [-0.25, -0.2) is 4.98 Å². The number of H-pyrrole nitrogens is 1. The van der Waals surface area contributed by atoms with Gasteiger partial charge in [-0.15, -0.1) is 0 Å². The number of nitrogens with two attached hydrogens (primary N) is 1. The normalized spacial score (nSPS) is 16.1. The second-order valence-corrected chi connectivity index (χ2v) is 7.41. The highest BCUT2D eigenvalue weighted by Crippen LogP contribution is 2.05. The third kappa shape index (κ3) is 7.44. The quantitative estimate of drug-likeness (QED) is 0.208. The number of carbonyl (C=O) groups excluding carboxylic acids is 3. The van der Waals surface area contributed by atoms with Gasteiger partial charge in [-0.05, 0) is 19.8 Å². The van der Waals surface area contributed by atoms with E-state index in [2.05, 4.69) is 25.9 Å². The number of aliphatic carboxylic acids is 1. The summed E-state index contributed by atoms with van der Waals surface area (Å²) in [7, 11) is 0. The number of aromatic nitrogens is 2. The van der Waals surface area contributed by atoms with Gasteiger partial charge in [0, 0.05) is 18.3 Å². The Hall–Kier alpha value is -2.99. The number of nitrogens with one attached hydrogen (secondary N) is 4. The molecule has 0 aromatic carbocycles. The number of hydrogen-bond acceptors (Lipinski definition) is 7. The van der Waals surface area contributed by atoms with E-state index in [4.69, 9.17) is 10.8 Å². The van der Waals surface area contributed by atoms with Crippen LogP contribution in [0.2, 0.25) is 0 Å². The summed E-state index contributed by atoms with van der Waals surface area (Å²) in [5.41, 5.74) is 6.47. The van der Waals surface area contributed by atoms with Crippen LogP contribution in [0.3, 0.4) is 0 Å². The molecule has 1 heterocycles. The average Bonchev–Trinajstić information content (AvgIpc) is 3.15. The topological polar surface area (TPSA) is 200 Å². The molecule has 0 aliphatic heterocycles. The molecule has 0 spiro atoms. The molecular weight excluding hydrogens is 396 g/mol. The van der Waals surface area contributed by atoms with E-state index in [0.717, 1.165) is 0 Å². The summed E-state index contributed by atoms with van der Waals surface area (Å²) in [4.78, 5) is 55.0. The second-order valence-electron chi connectivity index (χ2n) is 7.41. The van der Waals surface area contributed by atoms with E-state index in [0.29, 0.717) is 5.69 Å². The molecule has 12 heteroatoms. The van der Waals surface area contributed by atoms with E-state index < -0.39 is 54.0 Å². The number of aliphatic hydroxyl groups is 1. The predicted molar refractivity (Wildman–Crippen MR) is 106 cm³/mol. The third-order valence-electron chi connectivity index (χ3n) is 4.37. The van der Waals surface area contributed by atoms with Gasteiger partial charge in [0.2, 0.25) is 17.7 Å². The Morgan fingerprint density at radius 1 is 1.03 bits per heavy atom. The fourth-order valence-corrected chi connectivity index (χ4v) is 2.53. The van der Waals surface area contributed by atoms with Crippen molar-refractivity contribution in [3.8, 4) is 0 Å². The smallest absolute Gasteiger partial charge is 0.325 e. The van der Waals surface area contributed by atoms with Crippen LogP contribution >= 0.6 is 0 Å². The molecule has 0 fully saturated rings. The summed E-state index contributed by atoms with van der Waals surface area (Å²) in [6, 6.07) is -4.59. The van der Waals surface area contributed by atoms with Crippen LogP contribution in [0.1, 0.15) is 33.4 Å². The molecule has 12 nitrogen and oxygen atoms in total. The summed E-state index contributed by atoms with van der Waals surface area (Å²) in [5, 5.41) is 26.0. The molecule has 0 bridgehead atoms. The number of amides is 3. The van der Waals surface area contributed by atoms with Crippen molar-refractivity contribution in [2.24, 2.45) is 11.7 Å². The number of rotatable bonds is 11. The van der Waals surface area contributed by atoms with Gasteiger partial charge in [-0.3, -0.25) is 19.2 Å². The lowest BCUT2D eigenvalue weighted by Gasteiger charge is -2.27. The van der Waals surface area contributed by atoms with E-state index in [1.807, 2.05) is 0 Å². The van der Waals surface area contributed by atoms with Gasteiger partial charge in [0.25, 0.3) is 0 Å². The Labute approximate surface area is 174 Å². The first-order valence-electron chi connectivity index (χ1n) is 9.48. The lowest BCUT2D eigenvalue weighted by Crippen LogP contribution is -2.60. The number of aliphatic hydroxyl groups excluding tert-OH is 1. The zero-order valence-corrected chi connectivity index (χ0v) is 17.4. The summed E-state index contributed by atoms with van der Waals surface area (Å²) in [5.74, 6) is -3.78. The molecule has 3 amide bonds. The first-order valence-corrected chi connectivity index (χ1v) is 9.48. The lowest BCUT2D eigenvalue weighted by atomic mass is 10.0. The predicted octanol–water partition coefficient (Wildman–Crippen LogP) is -2.12. The van der Waals surface area contributed by atoms with Gasteiger partial charge in [-0.2, -0.15) is 0 Å². The summed E-state index contributed by atoms with van der Waals surface area (Å²) in [6.07, 6.45) is 1.82. The number of hydrogen-bond donors (Lipinski definition) is 7. The van der Waals surface area contributed by atoms with Crippen LogP contribution in [0.5, 0.6) is 0 Å². The fraction of sp³-hybridized carbons (Fsp3) is 0.611. The van der Waals surface area contributed by atoms with E-state index in [-0.39, 0.29) is 12.3 Å². The van der Waals surface area contributed by atoms with E-state index in [1.165, 1.54) is 26.4 Å². The van der Waals surface area contributed by atoms with Gasteiger partial charge in [0.15, 0.2) is 0 Å². The number of carboxylic acid groups (broad SMARTS) is 1. The molecule has 0 aliphatic rings. The van der Waals surface area contributed by atoms with Gasteiger partial charge < -0.3 is 36.9 Å². The van der Waals surface area contributed by atoms with E-state index in [1.54, 1.807) is 13.8 Å². The zero-order valence-electron chi connectivity index (χ0n) is 17.4. The average molecular weight is 426 g/mol. The molecular formula is C18H30N6O6. The fourth-order valence-electron chi connectivity index (χ4n) is 2.53. The largest absolute Gasteiger partial charge is 0.480 e. The van der Waals surface area contributed by atoms with Crippen LogP contribution in [-0.4, -0.2) is 74.1 Å². The molecule has 1 rings (SSSR count). The molecule has 5 unspecified atom stereocenters. The summed E-state index contributed by atoms with van der Waals surface area (Å²) < 4.78 is 0. The molecule has 0 aliphatic carbocycles. The minimum atomic E-state index is -1.36. The van der Waals surface area contributed by atoms with Crippen molar-refractivity contribution in [3.63, 3.8) is 0 Å². The lowest BCUT2D eigenvalue weighted by molar-refractivity contribution is -0.142. The Morgan fingerprint density at radius 3 is 2.07 bits per heavy atom. The standard InChI is InChI=1S/C18H30N6O6/c1-8(2)13(16(27)22-9(3)18(29)30)23-17(28)14(10(4)25)24-15(26)12(19)5-11-6-20-7-21-11/h6-10,12-14,25H,5,19H2,1-4H3,(H,20,21)(H,22,27)(H,23,28)(H,24,26)(H,29,30). The molecule has 168 valence electrons. The molecule has 1 aromatic rings. The minimum Gasteiger partial charge on any atom is -0.480 e. The number of aromatic amines is 1. The van der Waals surface area contributed by atoms with Gasteiger partial charge in [-0.1, -0.05) is 13.8 Å². The van der Waals surface area contributed by atoms with Crippen molar-refractivity contribution in [1.82, 2.24) is 25.9 Å². The van der Waals surface area contributed by atoms with Crippen LogP contribution in [0.15, 0.2) is 12.5 Å². The minimum absolute atomic E-state index is 0.143. The van der Waals surface area contributed by atoms with Crippen molar-refractivity contribution >= 4 is 23.7 Å². The molecule has 1 aromatic heterocycles. The van der Waals surface area contributed by atoms with Crippen molar-refractivity contribution < 1.29 is 29.4 Å². The molecule has 0 radical (unpaired) electrons. The Balaban J connectivity index is 2.81. The van der Waals surface area contributed by atoms with Crippen molar-refractivity contribution in [2.75, 3.05) is 0 Å². The van der Waals surface area contributed by atoms with E-state index >= 15 is 0 Å². The monoisotopic (exact) mass is 426 g/mol. The van der Waals surface area contributed by atoms with Gasteiger partial charge in [0.1, 0.15) is 18.1 Å². The van der Waals surface area contributed by atoms with Crippen LogP contribution in [-0.2, 0) is 25.6 Å². The van der Waals surface area contributed by atoms with Gasteiger partial charge >= 0.3 is 5.97 Å². The number of carboxylic acids is 1. The van der Waals surface area contributed by atoms with Crippen molar-refractivity contribution in [1.29, 1.82) is 0 Å². The molecule has 30 heavy (non-hydrogen) atoms. The number of carbonyl (C=O) groups is 4. The van der Waals surface area contributed by atoms with Crippen LogP contribution in [0.4, 0.5) is 0 Å². The highest BCUT2D eigenvalue weighted by Gasteiger charge is 2.33. The molecule has 0 saturated heterocycles. The Kier molecular flexibility index (Phi) is 9.40. The first kappa shape index (κ1) is 25.0. The van der Waals surface area contributed by atoms with Crippen LogP contribution < -0.4 is 21.7 Å². The highest BCUT2D eigenvalue weighted by atomic mass is 16.4.